The molecule has 1 unspecified atom stereocenters. The van der Waals surface area contributed by atoms with Gasteiger partial charge >= 0.3 is 0 Å². The lowest BCUT2D eigenvalue weighted by Crippen LogP contribution is -2.47. The van der Waals surface area contributed by atoms with Crippen LogP contribution in [0.25, 0.3) is 0 Å². The van der Waals surface area contributed by atoms with Crippen LogP contribution in [0.3, 0.4) is 0 Å². The summed E-state index contributed by atoms with van der Waals surface area (Å²) >= 11 is 0. The second kappa shape index (κ2) is 7.01. The first-order chi connectivity index (χ1) is 11.6. The van der Waals surface area contributed by atoms with Crippen LogP contribution >= 0.6 is 0 Å². The van der Waals surface area contributed by atoms with E-state index in [4.69, 9.17) is 4.74 Å². The molecule has 0 N–H and O–H groups in total. The second-order valence-electron chi connectivity index (χ2n) is 7.87. The Kier molecular flexibility index (Phi) is 4.99. The van der Waals surface area contributed by atoms with Crippen LogP contribution in [0.2, 0.25) is 0 Å². The van der Waals surface area contributed by atoms with Gasteiger partial charge < -0.3 is 4.74 Å². The van der Waals surface area contributed by atoms with E-state index in [0.29, 0.717) is 0 Å². The maximum atomic E-state index is 6.37. The summed E-state index contributed by atoms with van der Waals surface area (Å²) in [5.74, 6) is 1.01. The van der Waals surface area contributed by atoms with Crippen LogP contribution < -0.4 is 4.74 Å². The summed E-state index contributed by atoms with van der Waals surface area (Å²) in [7, 11) is 0. The summed E-state index contributed by atoms with van der Waals surface area (Å²) in [5, 5.41) is 0. The number of aryl methyl sites for hydroxylation is 1. The lowest BCUT2D eigenvalue weighted by molar-refractivity contribution is 0.0511. The molecule has 0 aliphatic heterocycles. The molecule has 0 aromatic heterocycles. The number of benzene rings is 2. The lowest BCUT2D eigenvalue weighted by atomic mass is 9.56. The highest BCUT2D eigenvalue weighted by Gasteiger charge is 2.46. The van der Waals surface area contributed by atoms with E-state index in [9.17, 15) is 0 Å². The Hall–Kier alpha value is -1.76. The van der Waals surface area contributed by atoms with Crippen LogP contribution in [-0.2, 0) is 5.41 Å². The van der Waals surface area contributed by atoms with Gasteiger partial charge in [-0.05, 0) is 42.4 Å². The first kappa shape index (κ1) is 17.1. The zero-order valence-electron chi connectivity index (χ0n) is 15.3. The molecule has 3 rings (SSSR count). The van der Waals surface area contributed by atoms with E-state index >= 15 is 0 Å². The molecule has 2 aromatic rings. The fraction of sp³-hybridized carbons (Fsp3) is 0.478. The van der Waals surface area contributed by atoms with Crippen molar-refractivity contribution in [3.8, 4) is 5.75 Å². The maximum absolute atomic E-state index is 6.37. The zero-order valence-corrected chi connectivity index (χ0v) is 15.3. The molecule has 1 atom stereocenters. The van der Waals surface area contributed by atoms with Gasteiger partial charge in [0.15, 0.2) is 0 Å². The summed E-state index contributed by atoms with van der Waals surface area (Å²) in [4.78, 5) is 0. The van der Waals surface area contributed by atoms with E-state index in [1.807, 2.05) is 0 Å². The van der Waals surface area contributed by atoms with E-state index in [0.717, 1.165) is 12.4 Å². The lowest BCUT2D eigenvalue weighted by Gasteiger charge is -2.49. The van der Waals surface area contributed by atoms with Crippen LogP contribution in [0.1, 0.15) is 57.1 Å². The van der Waals surface area contributed by atoms with Crippen molar-refractivity contribution in [2.45, 2.75) is 58.3 Å². The number of hydrogen-bond acceptors (Lipinski definition) is 1. The van der Waals surface area contributed by atoms with Crippen molar-refractivity contribution < 1.29 is 4.74 Å². The SMILES string of the molecule is Cc1ccccc1OCC(C)(c1ccccc1)C1(C)CCCCC1. The molecule has 1 saturated carbocycles. The molecule has 0 spiro atoms. The molecule has 0 radical (unpaired) electrons. The highest BCUT2D eigenvalue weighted by atomic mass is 16.5. The predicted molar refractivity (Wildman–Crippen MR) is 102 cm³/mol. The molecule has 1 nitrogen and oxygen atoms in total. The summed E-state index contributed by atoms with van der Waals surface area (Å²) < 4.78 is 6.37. The van der Waals surface area contributed by atoms with Gasteiger partial charge in [-0.15, -0.1) is 0 Å². The highest BCUT2D eigenvalue weighted by molar-refractivity contribution is 5.33. The first-order valence-corrected chi connectivity index (χ1v) is 9.29. The van der Waals surface area contributed by atoms with Crippen molar-refractivity contribution in [3.05, 3.63) is 65.7 Å². The van der Waals surface area contributed by atoms with Crippen molar-refractivity contribution in [2.24, 2.45) is 5.41 Å². The Morgan fingerprint density at radius 1 is 0.917 bits per heavy atom. The third kappa shape index (κ3) is 3.22. The van der Waals surface area contributed by atoms with E-state index in [1.54, 1.807) is 0 Å². The maximum Gasteiger partial charge on any atom is 0.122 e. The van der Waals surface area contributed by atoms with Gasteiger partial charge in [0.2, 0.25) is 0 Å². The molecule has 0 amide bonds. The summed E-state index contributed by atoms with van der Waals surface area (Å²) in [6, 6.07) is 19.3. The smallest absolute Gasteiger partial charge is 0.122 e. The van der Waals surface area contributed by atoms with E-state index in [-0.39, 0.29) is 10.8 Å². The number of para-hydroxylation sites is 1. The Morgan fingerprint density at radius 2 is 1.54 bits per heavy atom. The molecule has 1 aliphatic carbocycles. The number of rotatable bonds is 5. The normalized spacial score (nSPS) is 19.5. The van der Waals surface area contributed by atoms with Crippen molar-refractivity contribution in [2.75, 3.05) is 6.61 Å². The van der Waals surface area contributed by atoms with E-state index in [2.05, 4.69) is 75.4 Å². The van der Waals surface area contributed by atoms with Crippen LogP contribution in [0.5, 0.6) is 5.75 Å². The van der Waals surface area contributed by atoms with Gasteiger partial charge in [0.05, 0.1) is 6.61 Å². The van der Waals surface area contributed by atoms with Gasteiger partial charge in [-0.25, -0.2) is 0 Å². The average molecular weight is 322 g/mol. The van der Waals surface area contributed by atoms with Gasteiger partial charge in [-0.2, -0.15) is 0 Å². The number of ether oxygens (including phenoxy) is 1. The molecule has 0 bridgehead atoms. The quantitative estimate of drug-likeness (QED) is 0.627. The van der Waals surface area contributed by atoms with Gasteiger partial charge in [-0.1, -0.05) is 81.6 Å². The fourth-order valence-corrected chi connectivity index (χ4v) is 4.24. The summed E-state index contributed by atoms with van der Waals surface area (Å²) in [6.07, 6.45) is 6.62. The topological polar surface area (TPSA) is 9.23 Å². The highest BCUT2D eigenvalue weighted by Crippen LogP contribution is 2.51. The van der Waals surface area contributed by atoms with Crippen molar-refractivity contribution in [1.82, 2.24) is 0 Å². The van der Waals surface area contributed by atoms with E-state index in [1.165, 1.54) is 43.2 Å². The predicted octanol–water partition coefficient (Wildman–Crippen LogP) is 6.30. The van der Waals surface area contributed by atoms with Gasteiger partial charge in [0, 0.05) is 5.41 Å². The van der Waals surface area contributed by atoms with E-state index < -0.39 is 0 Å². The zero-order chi connectivity index (χ0) is 17.0. The van der Waals surface area contributed by atoms with Gasteiger partial charge in [-0.3, -0.25) is 0 Å². The van der Waals surface area contributed by atoms with Crippen molar-refractivity contribution in [1.29, 1.82) is 0 Å². The standard InChI is InChI=1S/C23H30O/c1-19-12-8-9-15-21(19)24-18-23(3,20-13-6-4-7-14-20)22(2)16-10-5-11-17-22/h4,6-9,12-15H,5,10-11,16-18H2,1-3H3. The van der Waals surface area contributed by atoms with Crippen molar-refractivity contribution >= 4 is 0 Å². The summed E-state index contributed by atoms with van der Waals surface area (Å²) in [5.41, 5.74) is 2.93. The minimum Gasteiger partial charge on any atom is -0.492 e. The fourth-order valence-electron chi connectivity index (χ4n) is 4.24. The molecule has 0 saturated heterocycles. The molecular formula is C23H30O. The Labute approximate surface area is 147 Å². The van der Waals surface area contributed by atoms with Crippen LogP contribution in [-0.4, -0.2) is 6.61 Å². The molecular weight excluding hydrogens is 292 g/mol. The third-order valence-corrected chi connectivity index (χ3v) is 6.31. The minimum atomic E-state index is 0.0248. The molecule has 1 heteroatoms. The Morgan fingerprint density at radius 3 is 2.21 bits per heavy atom. The molecule has 0 heterocycles. The Bertz CT molecular complexity index is 655. The summed E-state index contributed by atoms with van der Waals surface area (Å²) in [6.45, 7) is 7.74. The monoisotopic (exact) mass is 322 g/mol. The van der Waals surface area contributed by atoms with Gasteiger partial charge in [0.1, 0.15) is 5.75 Å². The number of hydrogen-bond donors (Lipinski definition) is 0. The van der Waals surface area contributed by atoms with Crippen LogP contribution in [0, 0.1) is 12.3 Å². The average Bonchev–Trinajstić information content (AvgIpc) is 2.62. The van der Waals surface area contributed by atoms with Crippen molar-refractivity contribution in [3.63, 3.8) is 0 Å². The minimum absolute atomic E-state index is 0.0248. The molecule has 1 fully saturated rings. The largest absolute Gasteiger partial charge is 0.492 e. The second-order valence-corrected chi connectivity index (χ2v) is 7.87. The first-order valence-electron chi connectivity index (χ1n) is 9.29. The molecule has 1 aliphatic rings. The molecule has 24 heavy (non-hydrogen) atoms. The van der Waals surface area contributed by atoms with Gasteiger partial charge in [0.25, 0.3) is 0 Å². The third-order valence-electron chi connectivity index (χ3n) is 6.31. The molecule has 2 aromatic carbocycles. The van der Waals surface area contributed by atoms with Crippen LogP contribution in [0.15, 0.2) is 54.6 Å². The Balaban J connectivity index is 1.92. The molecule has 128 valence electrons. The van der Waals surface area contributed by atoms with Crippen LogP contribution in [0.4, 0.5) is 0 Å².